The molecule has 2 saturated heterocycles. The number of unbranched alkanes of at least 4 members (excludes halogenated alkanes) is 1. The lowest BCUT2D eigenvalue weighted by molar-refractivity contribution is -0.137. The molecule has 2 bridgehead atoms. The maximum Gasteiger partial charge on any atom is 0.431 e. The van der Waals surface area contributed by atoms with Crippen molar-refractivity contribution in [1.82, 2.24) is 5.48 Å². The van der Waals surface area contributed by atoms with Crippen molar-refractivity contribution in [2.75, 3.05) is 6.61 Å². The number of carboxylic acids is 1. The Balaban J connectivity index is 1.37. The summed E-state index contributed by atoms with van der Waals surface area (Å²) in [6.45, 7) is 0.585. The minimum atomic E-state index is -0.761. The number of carboxylic acid groups (broad SMARTS) is 1. The number of fused-ring (bicyclic) bond motifs is 2. The quantitative estimate of drug-likeness (QED) is 0.331. The summed E-state index contributed by atoms with van der Waals surface area (Å²) in [5.41, 5.74) is 3.29. The molecule has 158 valence electrons. The second kappa shape index (κ2) is 11.0. The minimum Gasteiger partial charge on any atom is -0.481 e. The molecule has 0 radical (unpaired) electrons. The number of hydrogen-bond acceptors (Lipinski definition) is 5. The Labute approximate surface area is 171 Å². The zero-order chi connectivity index (χ0) is 20.5. The van der Waals surface area contributed by atoms with Crippen molar-refractivity contribution in [3.05, 3.63) is 48.0 Å². The summed E-state index contributed by atoms with van der Waals surface area (Å²) in [4.78, 5) is 27.7. The van der Waals surface area contributed by atoms with Gasteiger partial charge in [0.2, 0.25) is 0 Å². The van der Waals surface area contributed by atoms with E-state index in [2.05, 4.69) is 11.6 Å². The average molecular weight is 403 g/mol. The Hall–Kier alpha value is -2.38. The molecule has 7 nitrogen and oxygen atoms in total. The number of benzene rings is 1. The van der Waals surface area contributed by atoms with Crippen molar-refractivity contribution in [1.29, 1.82) is 0 Å². The minimum absolute atomic E-state index is 0.142. The Morgan fingerprint density at radius 1 is 1.14 bits per heavy atom. The predicted octanol–water partition coefficient (Wildman–Crippen LogP) is 3.84. The van der Waals surface area contributed by atoms with Gasteiger partial charge in [-0.05, 0) is 43.6 Å². The number of allylic oxidation sites excluding steroid dienone is 2. The molecule has 1 aromatic rings. The van der Waals surface area contributed by atoms with Crippen LogP contribution in [0, 0.1) is 11.8 Å². The van der Waals surface area contributed by atoms with Crippen LogP contribution < -0.4 is 5.48 Å². The highest BCUT2D eigenvalue weighted by Crippen LogP contribution is 2.45. The highest BCUT2D eigenvalue weighted by molar-refractivity contribution is 5.66. The highest BCUT2D eigenvalue weighted by atomic mass is 16.7. The van der Waals surface area contributed by atoms with Gasteiger partial charge in [-0.3, -0.25) is 9.63 Å². The molecule has 29 heavy (non-hydrogen) atoms. The van der Waals surface area contributed by atoms with Crippen LogP contribution in [-0.4, -0.2) is 36.0 Å². The first-order valence-electron chi connectivity index (χ1n) is 10.2. The topological polar surface area (TPSA) is 94.1 Å². The molecule has 1 aromatic carbocycles. The second-order valence-electron chi connectivity index (χ2n) is 7.59. The normalized spacial score (nSPS) is 25.4. The fourth-order valence-electron chi connectivity index (χ4n) is 4.12. The first kappa shape index (κ1) is 21.3. The van der Waals surface area contributed by atoms with E-state index < -0.39 is 12.1 Å². The molecule has 2 aliphatic heterocycles. The van der Waals surface area contributed by atoms with E-state index in [4.69, 9.17) is 19.4 Å². The van der Waals surface area contributed by atoms with Crippen LogP contribution in [0.3, 0.4) is 0 Å². The monoisotopic (exact) mass is 403 g/mol. The van der Waals surface area contributed by atoms with E-state index in [1.807, 2.05) is 36.4 Å². The van der Waals surface area contributed by atoms with E-state index in [9.17, 15) is 9.59 Å². The zero-order valence-corrected chi connectivity index (χ0v) is 16.5. The molecule has 7 heteroatoms. The van der Waals surface area contributed by atoms with Crippen LogP contribution >= 0.6 is 0 Å². The van der Waals surface area contributed by atoms with Gasteiger partial charge in [0.25, 0.3) is 0 Å². The van der Waals surface area contributed by atoms with Gasteiger partial charge in [0.1, 0.15) is 0 Å². The molecule has 0 unspecified atom stereocenters. The molecule has 0 saturated carbocycles. The number of hydrogen-bond donors (Lipinski definition) is 2. The summed E-state index contributed by atoms with van der Waals surface area (Å²) in [5, 5.41) is 8.67. The lowest BCUT2D eigenvalue weighted by Gasteiger charge is -2.26. The maximum atomic E-state index is 11.9. The molecule has 3 rings (SSSR count). The molecule has 2 heterocycles. The molecule has 1 amide bonds. The summed E-state index contributed by atoms with van der Waals surface area (Å²) >= 11 is 0. The maximum absolute atomic E-state index is 11.9. The Morgan fingerprint density at radius 3 is 2.66 bits per heavy atom. The third kappa shape index (κ3) is 6.58. The van der Waals surface area contributed by atoms with Crippen LogP contribution in [0.2, 0.25) is 0 Å². The number of aliphatic carboxylic acids is 1. The van der Waals surface area contributed by atoms with Crippen molar-refractivity contribution >= 4 is 12.1 Å². The van der Waals surface area contributed by atoms with Gasteiger partial charge in [-0.15, -0.1) is 0 Å². The van der Waals surface area contributed by atoms with Crippen LogP contribution in [0.25, 0.3) is 0 Å². The zero-order valence-electron chi connectivity index (χ0n) is 16.5. The summed E-state index contributed by atoms with van der Waals surface area (Å²) in [6, 6.07) is 9.57. The van der Waals surface area contributed by atoms with Gasteiger partial charge in [-0.2, -0.15) is 5.48 Å². The Bertz CT molecular complexity index is 692. The lowest BCUT2D eigenvalue weighted by Crippen LogP contribution is -2.33. The first-order valence-corrected chi connectivity index (χ1v) is 10.2. The molecule has 2 N–H and O–H groups in total. The molecule has 2 fully saturated rings. The summed E-state index contributed by atoms with van der Waals surface area (Å²) in [7, 11) is 0. The third-order valence-corrected chi connectivity index (χ3v) is 5.57. The first-order chi connectivity index (χ1) is 14.1. The van der Waals surface area contributed by atoms with Crippen LogP contribution in [0.4, 0.5) is 4.79 Å². The number of carbonyl (C=O) groups is 2. The highest BCUT2D eigenvalue weighted by Gasteiger charge is 2.48. The van der Waals surface area contributed by atoms with Crippen LogP contribution in [0.5, 0.6) is 0 Å². The molecule has 0 aliphatic carbocycles. The van der Waals surface area contributed by atoms with E-state index in [-0.39, 0.29) is 31.2 Å². The second-order valence-corrected chi connectivity index (χ2v) is 7.59. The van der Waals surface area contributed by atoms with Gasteiger partial charge < -0.3 is 14.6 Å². The Kier molecular flexibility index (Phi) is 8.07. The number of amides is 1. The van der Waals surface area contributed by atoms with E-state index in [0.717, 1.165) is 31.2 Å². The van der Waals surface area contributed by atoms with Crippen LogP contribution in [-0.2, 0) is 25.7 Å². The van der Waals surface area contributed by atoms with E-state index in [0.29, 0.717) is 18.9 Å². The van der Waals surface area contributed by atoms with Gasteiger partial charge in [0.05, 0.1) is 25.4 Å². The van der Waals surface area contributed by atoms with Crippen LogP contribution in [0.1, 0.15) is 44.1 Å². The molecule has 2 aliphatic rings. The number of nitrogens with one attached hydrogen (secondary N) is 1. The smallest absolute Gasteiger partial charge is 0.431 e. The standard InChI is InChI=1S/C22H29NO6/c24-21(25)11-7-2-1-6-10-17-18(20-13-12-19(17)29-20)15-27-22(26)23-28-14-16-8-4-3-5-9-16/h1,3-6,8-9,17-20H,2,7,10-15H2,(H,23,26)(H,24,25)/b6-1-/t17-,18+,19-,20+/m1/s1. The average Bonchev–Trinajstić information content (AvgIpc) is 3.31. The van der Waals surface area contributed by atoms with Crippen molar-refractivity contribution in [2.45, 2.75) is 57.3 Å². The van der Waals surface area contributed by atoms with E-state index in [1.165, 1.54) is 0 Å². The van der Waals surface area contributed by atoms with Gasteiger partial charge in [0.15, 0.2) is 0 Å². The van der Waals surface area contributed by atoms with Gasteiger partial charge >= 0.3 is 12.1 Å². The van der Waals surface area contributed by atoms with E-state index >= 15 is 0 Å². The summed E-state index contributed by atoms with van der Waals surface area (Å²) in [6.07, 6.45) is 8.42. The fraction of sp³-hybridized carbons (Fsp3) is 0.545. The SMILES string of the molecule is O=C(O)CCC/C=C\C[C@@H]1[C@H](COC(=O)NOCc2ccccc2)[C@@H]2CC[C@H]1O2. The molecule has 0 aromatic heterocycles. The van der Waals surface area contributed by atoms with Crippen molar-refractivity contribution in [2.24, 2.45) is 11.8 Å². The predicted molar refractivity (Wildman–Crippen MR) is 106 cm³/mol. The Morgan fingerprint density at radius 2 is 1.90 bits per heavy atom. The van der Waals surface area contributed by atoms with Gasteiger partial charge in [0, 0.05) is 12.3 Å². The molecular formula is C22H29NO6. The number of ether oxygens (including phenoxy) is 2. The number of carbonyl (C=O) groups excluding carboxylic acids is 1. The molecule has 4 atom stereocenters. The van der Waals surface area contributed by atoms with Gasteiger partial charge in [-0.25, -0.2) is 4.79 Å². The largest absolute Gasteiger partial charge is 0.481 e. The number of hydroxylamine groups is 1. The van der Waals surface area contributed by atoms with Crippen molar-refractivity contribution in [3.63, 3.8) is 0 Å². The lowest BCUT2D eigenvalue weighted by atomic mass is 9.78. The number of rotatable bonds is 11. The summed E-state index contributed by atoms with van der Waals surface area (Å²) < 4.78 is 11.4. The van der Waals surface area contributed by atoms with Crippen molar-refractivity contribution in [3.8, 4) is 0 Å². The molecule has 0 spiro atoms. The summed E-state index contributed by atoms with van der Waals surface area (Å²) in [5.74, 6) is -0.261. The third-order valence-electron chi connectivity index (χ3n) is 5.57. The molecular weight excluding hydrogens is 374 g/mol. The van der Waals surface area contributed by atoms with Crippen molar-refractivity contribution < 1.29 is 29.0 Å². The van der Waals surface area contributed by atoms with Gasteiger partial charge in [-0.1, -0.05) is 42.5 Å². The fourth-order valence-corrected chi connectivity index (χ4v) is 4.12. The van der Waals surface area contributed by atoms with Crippen LogP contribution in [0.15, 0.2) is 42.5 Å². The van der Waals surface area contributed by atoms with E-state index in [1.54, 1.807) is 0 Å².